The molecule has 0 bridgehead atoms. The number of rotatable bonds is 7. The number of benzene rings is 2. The predicted octanol–water partition coefficient (Wildman–Crippen LogP) is 5.35. The SMILES string of the molecule is CCc1ccc2nc(N(CCCn3ccnc3)C(=O)c3ccc(F)cc3)sc2c1.Cl. The van der Waals surface area contributed by atoms with Gasteiger partial charge in [-0.3, -0.25) is 9.69 Å². The molecule has 0 atom stereocenters. The Morgan fingerprint density at radius 1 is 1.20 bits per heavy atom. The van der Waals surface area contributed by atoms with Crippen LogP contribution in [0.25, 0.3) is 10.2 Å². The second-order valence-corrected chi connectivity index (χ2v) is 7.78. The van der Waals surface area contributed by atoms with Crippen LogP contribution >= 0.6 is 23.7 Å². The summed E-state index contributed by atoms with van der Waals surface area (Å²) < 4.78 is 16.3. The number of carbonyl (C=O) groups excluding carboxylic acids is 1. The van der Waals surface area contributed by atoms with E-state index in [0.29, 0.717) is 17.2 Å². The molecule has 2 heterocycles. The molecule has 4 rings (SSSR count). The molecule has 2 aromatic carbocycles. The van der Waals surface area contributed by atoms with Crippen molar-refractivity contribution in [3.05, 3.63) is 78.1 Å². The van der Waals surface area contributed by atoms with Gasteiger partial charge in [0.1, 0.15) is 5.82 Å². The van der Waals surface area contributed by atoms with Gasteiger partial charge in [-0.2, -0.15) is 0 Å². The summed E-state index contributed by atoms with van der Waals surface area (Å²) >= 11 is 1.51. The van der Waals surface area contributed by atoms with Gasteiger partial charge >= 0.3 is 0 Å². The third kappa shape index (κ3) is 4.86. The molecule has 0 saturated carbocycles. The number of anilines is 1. The van der Waals surface area contributed by atoms with E-state index < -0.39 is 0 Å². The molecule has 0 unspecified atom stereocenters. The highest BCUT2D eigenvalue weighted by Crippen LogP contribution is 2.31. The van der Waals surface area contributed by atoms with Gasteiger partial charge in [-0.05, 0) is 54.8 Å². The molecule has 0 spiro atoms. The number of aryl methyl sites for hydroxylation is 2. The van der Waals surface area contributed by atoms with Gasteiger partial charge in [-0.25, -0.2) is 14.4 Å². The quantitative estimate of drug-likeness (QED) is 0.386. The van der Waals surface area contributed by atoms with Crippen LogP contribution in [0.3, 0.4) is 0 Å². The Kier molecular flexibility index (Phi) is 7.18. The van der Waals surface area contributed by atoms with Crippen molar-refractivity contribution in [2.75, 3.05) is 11.4 Å². The molecular weight excluding hydrogens is 423 g/mol. The lowest BCUT2D eigenvalue weighted by molar-refractivity contribution is 0.0986. The monoisotopic (exact) mass is 444 g/mol. The Morgan fingerprint density at radius 3 is 2.70 bits per heavy atom. The molecule has 0 N–H and O–H groups in total. The Labute approximate surface area is 184 Å². The van der Waals surface area contributed by atoms with Gasteiger partial charge in [0.2, 0.25) is 0 Å². The second kappa shape index (κ2) is 9.82. The molecule has 4 aromatic rings. The maximum absolute atomic E-state index is 13.3. The fraction of sp³-hybridized carbons (Fsp3) is 0.227. The first-order valence-electron chi connectivity index (χ1n) is 9.56. The van der Waals surface area contributed by atoms with Crippen LogP contribution in [0.1, 0.15) is 29.3 Å². The minimum Gasteiger partial charge on any atom is -0.337 e. The van der Waals surface area contributed by atoms with Crippen LogP contribution < -0.4 is 4.90 Å². The molecule has 0 fully saturated rings. The third-order valence-electron chi connectivity index (χ3n) is 4.77. The van der Waals surface area contributed by atoms with Gasteiger partial charge in [0.15, 0.2) is 5.13 Å². The summed E-state index contributed by atoms with van der Waals surface area (Å²) in [6.07, 6.45) is 7.10. The number of hydrogen-bond acceptors (Lipinski definition) is 4. The van der Waals surface area contributed by atoms with Crippen LogP contribution in [-0.2, 0) is 13.0 Å². The number of hydrogen-bond donors (Lipinski definition) is 0. The number of imidazole rings is 1. The molecule has 0 aliphatic carbocycles. The number of nitrogens with zero attached hydrogens (tertiary/aromatic N) is 4. The van der Waals surface area contributed by atoms with Crippen LogP contribution in [-0.4, -0.2) is 27.0 Å². The summed E-state index contributed by atoms with van der Waals surface area (Å²) in [4.78, 5) is 23.6. The highest BCUT2D eigenvalue weighted by molar-refractivity contribution is 7.22. The van der Waals surface area contributed by atoms with E-state index in [0.717, 1.165) is 29.6 Å². The average molecular weight is 445 g/mol. The highest BCUT2D eigenvalue weighted by Gasteiger charge is 2.21. The fourth-order valence-electron chi connectivity index (χ4n) is 3.15. The standard InChI is InChI=1S/C22H21FN4OS.ClH/c1-2-16-4-9-19-20(14-16)29-22(25-19)27(12-3-11-26-13-10-24-15-26)21(28)17-5-7-18(23)8-6-17;/h4-10,13-15H,2-3,11-12H2,1H3;1H. The molecular formula is C22H22ClFN4OS. The van der Waals surface area contributed by atoms with Crippen molar-refractivity contribution in [3.8, 4) is 0 Å². The molecule has 156 valence electrons. The first kappa shape index (κ1) is 21.9. The van der Waals surface area contributed by atoms with Crippen molar-refractivity contribution in [3.63, 3.8) is 0 Å². The Balaban J connectivity index is 0.00000256. The van der Waals surface area contributed by atoms with Crippen molar-refractivity contribution >= 4 is 45.0 Å². The van der Waals surface area contributed by atoms with E-state index in [2.05, 4.69) is 24.0 Å². The smallest absolute Gasteiger partial charge is 0.260 e. The highest BCUT2D eigenvalue weighted by atomic mass is 35.5. The number of carbonyl (C=O) groups is 1. The number of halogens is 2. The zero-order chi connectivity index (χ0) is 20.2. The van der Waals surface area contributed by atoms with E-state index in [1.165, 1.54) is 41.2 Å². The summed E-state index contributed by atoms with van der Waals surface area (Å²) in [7, 11) is 0. The normalized spacial score (nSPS) is 10.7. The molecule has 0 saturated heterocycles. The Hall–Kier alpha value is -2.77. The van der Waals surface area contributed by atoms with E-state index in [-0.39, 0.29) is 24.1 Å². The minimum atomic E-state index is -0.361. The largest absolute Gasteiger partial charge is 0.337 e. The van der Waals surface area contributed by atoms with Crippen molar-refractivity contribution < 1.29 is 9.18 Å². The van der Waals surface area contributed by atoms with Gasteiger partial charge < -0.3 is 4.57 Å². The number of amides is 1. The minimum absolute atomic E-state index is 0. The van der Waals surface area contributed by atoms with Crippen LogP contribution in [0.15, 0.2) is 61.2 Å². The molecule has 0 aliphatic heterocycles. The van der Waals surface area contributed by atoms with Crippen LogP contribution in [0, 0.1) is 5.82 Å². The molecule has 1 amide bonds. The lowest BCUT2D eigenvalue weighted by Crippen LogP contribution is -2.32. The van der Waals surface area contributed by atoms with E-state index in [1.54, 1.807) is 17.4 Å². The molecule has 0 radical (unpaired) electrons. The fourth-order valence-corrected chi connectivity index (χ4v) is 4.21. The van der Waals surface area contributed by atoms with E-state index >= 15 is 0 Å². The summed E-state index contributed by atoms with van der Waals surface area (Å²) in [6, 6.07) is 11.8. The third-order valence-corrected chi connectivity index (χ3v) is 5.82. The summed E-state index contributed by atoms with van der Waals surface area (Å²) in [5, 5.41) is 0.660. The van der Waals surface area contributed by atoms with Crippen LogP contribution in [0.5, 0.6) is 0 Å². The first-order valence-corrected chi connectivity index (χ1v) is 10.4. The summed E-state index contributed by atoms with van der Waals surface area (Å²) in [5.41, 5.74) is 2.57. The first-order chi connectivity index (χ1) is 14.1. The van der Waals surface area contributed by atoms with Crippen LogP contribution in [0.2, 0.25) is 0 Å². The van der Waals surface area contributed by atoms with Gasteiger partial charge in [-0.1, -0.05) is 24.3 Å². The topological polar surface area (TPSA) is 51.0 Å². The summed E-state index contributed by atoms with van der Waals surface area (Å²) in [6.45, 7) is 3.37. The maximum atomic E-state index is 13.3. The molecule has 2 aromatic heterocycles. The molecule has 30 heavy (non-hydrogen) atoms. The van der Waals surface area contributed by atoms with Crippen molar-refractivity contribution in [2.24, 2.45) is 0 Å². The van der Waals surface area contributed by atoms with E-state index in [9.17, 15) is 9.18 Å². The molecule has 8 heteroatoms. The lowest BCUT2D eigenvalue weighted by atomic mass is 10.2. The Bertz CT molecular complexity index is 1110. The summed E-state index contributed by atoms with van der Waals surface area (Å²) in [5.74, 6) is -0.536. The average Bonchev–Trinajstić information content (AvgIpc) is 3.40. The van der Waals surface area contributed by atoms with Gasteiger partial charge in [0.25, 0.3) is 5.91 Å². The second-order valence-electron chi connectivity index (χ2n) is 6.77. The van der Waals surface area contributed by atoms with E-state index in [1.807, 2.05) is 16.8 Å². The predicted molar refractivity (Wildman–Crippen MR) is 121 cm³/mol. The van der Waals surface area contributed by atoms with E-state index in [4.69, 9.17) is 4.98 Å². The lowest BCUT2D eigenvalue weighted by Gasteiger charge is -2.20. The number of fused-ring (bicyclic) bond motifs is 1. The van der Waals surface area contributed by atoms with Gasteiger partial charge in [-0.15, -0.1) is 12.4 Å². The number of thiazole rings is 1. The zero-order valence-electron chi connectivity index (χ0n) is 16.5. The van der Waals surface area contributed by atoms with Crippen molar-refractivity contribution in [1.82, 2.24) is 14.5 Å². The number of aromatic nitrogens is 3. The Morgan fingerprint density at radius 2 is 2.00 bits per heavy atom. The van der Waals surface area contributed by atoms with Crippen LogP contribution in [0.4, 0.5) is 9.52 Å². The zero-order valence-corrected chi connectivity index (χ0v) is 18.1. The van der Waals surface area contributed by atoms with Crippen molar-refractivity contribution in [1.29, 1.82) is 0 Å². The maximum Gasteiger partial charge on any atom is 0.260 e. The molecule has 0 aliphatic rings. The van der Waals surface area contributed by atoms with Gasteiger partial charge in [0.05, 0.1) is 16.5 Å². The van der Waals surface area contributed by atoms with Gasteiger partial charge in [0, 0.05) is 31.0 Å². The molecule has 5 nitrogen and oxygen atoms in total. The van der Waals surface area contributed by atoms with Crippen molar-refractivity contribution in [2.45, 2.75) is 26.3 Å².